The maximum Gasteiger partial charge on any atom is 0.301 e. The first-order chi connectivity index (χ1) is 15.0. The number of ketones is 1. The number of carbonyl (C=O) groups is 2. The molecule has 1 amide bonds. The number of nitrogens with zero attached hydrogens (tertiary/aromatic N) is 2. The van der Waals surface area contributed by atoms with Crippen LogP contribution in [0, 0.1) is 0 Å². The van der Waals surface area contributed by atoms with Crippen LogP contribution in [0.15, 0.2) is 83.0 Å². The largest absolute Gasteiger partial charge is 0.507 e. The molecule has 0 unspecified atom stereocenters. The van der Waals surface area contributed by atoms with Crippen molar-refractivity contribution in [2.75, 3.05) is 11.5 Å². The Morgan fingerprint density at radius 2 is 1.77 bits per heavy atom. The molecule has 1 aliphatic rings. The van der Waals surface area contributed by atoms with Gasteiger partial charge in [0.15, 0.2) is 0 Å². The van der Waals surface area contributed by atoms with Gasteiger partial charge in [0, 0.05) is 16.2 Å². The molecule has 1 N–H and O–H groups in total. The van der Waals surface area contributed by atoms with E-state index in [9.17, 15) is 14.7 Å². The summed E-state index contributed by atoms with van der Waals surface area (Å²) in [5.41, 5.74) is 1.13. The average molecular weight is 479 g/mol. The Morgan fingerprint density at radius 3 is 2.39 bits per heavy atom. The summed E-state index contributed by atoms with van der Waals surface area (Å²) in [7, 11) is 0. The van der Waals surface area contributed by atoms with Crippen molar-refractivity contribution in [2.45, 2.75) is 13.0 Å². The van der Waals surface area contributed by atoms with Crippen molar-refractivity contribution in [1.29, 1.82) is 0 Å². The Labute approximate surface area is 187 Å². The fourth-order valence-corrected chi connectivity index (χ4v) is 3.80. The first-order valence-electron chi connectivity index (χ1n) is 9.72. The normalized spacial score (nSPS) is 17.7. The standard InChI is InChI=1S/C24H19BrN2O4/c1-2-31-18-11-8-16(9-12-18)22(28)20-21(15-6-4-3-5-7-15)27(24(30)23(20)29)19-13-10-17(25)14-26-19/h3-14,21,28H,2H2,1H3/t21-/m0/s1. The summed E-state index contributed by atoms with van der Waals surface area (Å²) in [6.07, 6.45) is 1.56. The lowest BCUT2D eigenvalue weighted by Gasteiger charge is -2.24. The number of pyridine rings is 1. The number of aliphatic hydroxyl groups excluding tert-OH is 1. The first-order valence-corrected chi connectivity index (χ1v) is 10.5. The zero-order valence-electron chi connectivity index (χ0n) is 16.7. The minimum Gasteiger partial charge on any atom is -0.507 e. The maximum absolute atomic E-state index is 13.1. The molecule has 0 bridgehead atoms. The van der Waals surface area contributed by atoms with Crippen LogP contribution >= 0.6 is 15.9 Å². The monoisotopic (exact) mass is 478 g/mol. The molecule has 2 heterocycles. The minimum absolute atomic E-state index is 0.0186. The smallest absolute Gasteiger partial charge is 0.301 e. The van der Waals surface area contributed by atoms with Gasteiger partial charge in [-0.3, -0.25) is 14.5 Å². The number of ether oxygens (including phenoxy) is 1. The second-order valence-corrected chi connectivity index (χ2v) is 7.79. The average Bonchev–Trinajstić information content (AvgIpc) is 3.06. The third-order valence-electron chi connectivity index (χ3n) is 4.96. The van der Waals surface area contributed by atoms with Crippen molar-refractivity contribution >= 4 is 39.2 Å². The molecule has 4 rings (SSSR count). The van der Waals surface area contributed by atoms with Crippen LogP contribution in [0.2, 0.25) is 0 Å². The molecule has 1 aromatic heterocycles. The number of aliphatic hydroxyl groups is 1. The van der Waals surface area contributed by atoms with Crippen molar-refractivity contribution < 1.29 is 19.4 Å². The molecule has 0 aliphatic carbocycles. The zero-order chi connectivity index (χ0) is 22.0. The molecule has 0 spiro atoms. The van der Waals surface area contributed by atoms with Gasteiger partial charge in [-0.15, -0.1) is 0 Å². The van der Waals surface area contributed by atoms with Crippen molar-refractivity contribution in [3.8, 4) is 5.75 Å². The SMILES string of the molecule is CCOc1ccc(C(O)=C2C(=O)C(=O)N(c3ccc(Br)cn3)[C@H]2c2ccccc2)cc1. The van der Waals surface area contributed by atoms with Gasteiger partial charge in [-0.2, -0.15) is 0 Å². The highest BCUT2D eigenvalue weighted by Crippen LogP contribution is 2.41. The molecule has 0 saturated carbocycles. The zero-order valence-corrected chi connectivity index (χ0v) is 18.2. The Hall–Kier alpha value is -3.45. The third-order valence-corrected chi connectivity index (χ3v) is 5.43. The fraction of sp³-hybridized carbons (Fsp3) is 0.125. The topological polar surface area (TPSA) is 79.7 Å². The van der Waals surface area contributed by atoms with E-state index >= 15 is 0 Å². The number of carbonyl (C=O) groups excluding carboxylic acids is 2. The van der Waals surface area contributed by atoms with E-state index in [0.29, 0.717) is 29.3 Å². The second-order valence-electron chi connectivity index (χ2n) is 6.87. The van der Waals surface area contributed by atoms with E-state index in [1.54, 1.807) is 42.6 Å². The molecule has 156 valence electrons. The molecule has 1 atom stereocenters. The number of benzene rings is 2. The number of halogens is 1. The predicted octanol–water partition coefficient (Wildman–Crippen LogP) is 4.87. The summed E-state index contributed by atoms with van der Waals surface area (Å²) in [5, 5.41) is 11.1. The van der Waals surface area contributed by atoms with E-state index in [1.807, 2.05) is 37.3 Å². The van der Waals surface area contributed by atoms with Gasteiger partial charge < -0.3 is 9.84 Å². The van der Waals surface area contributed by atoms with Crippen LogP contribution in [0.25, 0.3) is 5.76 Å². The van der Waals surface area contributed by atoms with Crippen LogP contribution in [0.3, 0.4) is 0 Å². The summed E-state index contributed by atoms with van der Waals surface area (Å²) in [6, 6.07) is 18.5. The van der Waals surface area contributed by atoms with Gasteiger partial charge >= 0.3 is 5.91 Å². The predicted molar refractivity (Wildman–Crippen MR) is 121 cm³/mol. The Morgan fingerprint density at radius 1 is 1.06 bits per heavy atom. The number of hydrogen-bond donors (Lipinski definition) is 1. The number of amides is 1. The molecule has 1 fully saturated rings. The van der Waals surface area contributed by atoms with Crippen LogP contribution in [-0.4, -0.2) is 28.4 Å². The summed E-state index contributed by atoms with van der Waals surface area (Å²) in [5.74, 6) is -0.765. The highest BCUT2D eigenvalue weighted by molar-refractivity contribution is 9.10. The van der Waals surface area contributed by atoms with Crippen molar-refractivity contribution in [1.82, 2.24) is 4.98 Å². The summed E-state index contributed by atoms with van der Waals surface area (Å²) < 4.78 is 6.19. The van der Waals surface area contributed by atoms with E-state index in [-0.39, 0.29) is 11.3 Å². The lowest BCUT2D eigenvalue weighted by Crippen LogP contribution is -2.30. The molecule has 7 heteroatoms. The molecule has 0 radical (unpaired) electrons. The van der Waals surface area contributed by atoms with Crippen LogP contribution < -0.4 is 9.64 Å². The number of aromatic nitrogens is 1. The summed E-state index contributed by atoms with van der Waals surface area (Å²) in [4.78, 5) is 31.7. The number of Topliss-reactive ketones (excluding diaryl/α,β-unsaturated/α-hetero) is 1. The molecule has 1 aliphatic heterocycles. The molecular weight excluding hydrogens is 460 g/mol. The van der Waals surface area contributed by atoms with E-state index in [1.165, 1.54) is 4.90 Å². The van der Waals surface area contributed by atoms with E-state index < -0.39 is 17.7 Å². The van der Waals surface area contributed by atoms with E-state index in [4.69, 9.17) is 4.74 Å². The van der Waals surface area contributed by atoms with Gasteiger partial charge in [-0.1, -0.05) is 30.3 Å². The molecule has 2 aromatic carbocycles. The highest BCUT2D eigenvalue weighted by Gasteiger charge is 2.47. The Bertz CT molecular complexity index is 1140. The lowest BCUT2D eigenvalue weighted by atomic mass is 9.95. The van der Waals surface area contributed by atoms with E-state index in [0.717, 1.165) is 4.47 Å². The van der Waals surface area contributed by atoms with E-state index in [2.05, 4.69) is 20.9 Å². The third kappa shape index (κ3) is 3.96. The minimum atomic E-state index is -0.804. The van der Waals surface area contributed by atoms with Crippen LogP contribution in [0.5, 0.6) is 5.75 Å². The molecule has 1 saturated heterocycles. The summed E-state index contributed by atoms with van der Waals surface area (Å²) >= 11 is 3.33. The van der Waals surface area contributed by atoms with Crippen LogP contribution in [-0.2, 0) is 9.59 Å². The van der Waals surface area contributed by atoms with Gasteiger partial charge in [0.2, 0.25) is 0 Å². The van der Waals surface area contributed by atoms with Crippen LogP contribution in [0.4, 0.5) is 5.82 Å². The van der Waals surface area contributed by atoms with Gasteiger partial charge in [0.05, 0.1) is 18.2 Å². The first kappa shape index (κ1) is 20.8. The number of anilines is 1. The fourth-order valence-electron chi connectivity index (χ4n) is 3.56. The maximum atomic E-state index is 13.1. The molecule has 6 nitrogen and oxygen atoms in total. The van der Waals surface area contributed by atoms with Crippen molar-refractivity contribution in [3.05, 3.63) is 94.1 Å². The number of hydrogen-bond acceptors (Lipinski definition) is 5. The van der Waals surface area contributed by atoms with Gasteiger partial charge in [0.25, 0.3) is 5.78 Å². The summed E-state index contributed by atoms with van der Waals surface area (Å²) in [6.45, 7) is 2.40. The van der Waals surface area contributed by atoms with Crippen molar-refractivity contribution in [3.63, 3.8) is 0 Å². The van der Waals surface area contributed by atoms with Gasteiger partial charge in [0.1, 0.15) is 17.3 Å². The molecule has 3 aromatic rings. The van der Waals surface area contributed by atoms with Gasteiger partial charge in [-0.05, 0) is 64.8 Å². The quantitative estimate of drug-likeness (QED) is 0.321. The Balaban J connectivity index is 1.87. The second kappa shape index (κ2) is 8.73. The van der Waals surface area contributed by atoms with Gasteiger partial charge in [-0.25, -0.2) is 4.98 Å². The lowest BCUT2D eigenvalue weighted by molar-refractivity contribution is -0.132. The molecule has 31 heavy (non-hydrogen) atoms. The van der Waals surface area contributed by atoms with Crippen LogP contribution in [0.1, 0.15) is 24.1 Å². The van der Waals surface area contributed by atoms with Crippen molar-refractivity contribution in [2.24, 2.45) is 0 Å². The highest BCUT2D eigenvalue weighted by atomic mass is 79.9. The number of rotatable bonds is 5. The Kier molecular flexibility index (Phi) is 5.86. The molecular formula is C24H19BrN2O4.